The van der Waals surface area contributed by atoms with Crippen LogP contribution in [0.4, 0.5) is 0 Å². The molecule has 25 heavy (non-hydrogen) atoms. The monoisotopic (exact) mass is 462 g/mol. The van der Waals surface area contributed by atoms with E-state index in [0.29, 0.717) is 6.04 Å². The van der Waals surface area contributed by atoms with E-state index in [1.807, 2.05) is 0 Å². The molecule has 3 fully saturated rings. The Hall–Kier alpha value is -0.0400. The van der Waals surface area contributed by atoms with E-state index in [-0.39, 0.29) is 24.0 Å². The van der Waals surface area contributed by atoms with Crippen LogP contribution < -0.4 is 10.6 Å². The van der Waals surface area contributed by atoms with Gasteiger partial charge in [0.25, 0.3) is 0 Å². The zero-order valence-electron chi connectivity index (χ0n) is 16.1. The molecule has 2 aliphatic carbocycles. The summed E-state index contributed by atoms with van der Waals surface area (Å²) in [7, 11) is 0. The standard InChI is InChI=1S/C20H38N4.HI/c1-2-21-20(22-14-6-5-9-17-7-3-4-8-17)23-18-12-15-24(16-13-18)19-10-11-19;/h17-19H,2-16H2,1H3,(H2,21,22,23);1H. The van der Waals surface area contributed by atoms with Crippen molar-refractivity contribution in [1.29, 1.82) is 0 Å². The van der Waals surface area contributed by atoms with Gasteiger partial charge in [0.15, 0.2) is 5.96 Å². The second-order valence-corrected chi connectivity index (χ2v) is 8.09. The fraction of sp³-hybridized carbons (Fsp3) is 0.950. The number of likely N-dealkylation sites (tertiary alicyclic amines) is 1. The van der Waals surface area contributed by atoms with Gasteiger partial charge in [0.1, 0.15) is 0 Å². The largest absolute Gasteiger partial charge is 0.357 e. The third kappa shape index (κ3) is 7.61. The van der Waals surface area contributed by atoms with E-state index in [4.69, 9.17) is 4.99 Å². The van der Waals surface area contributed by atoms with Crippen molar-refractivity contribution in [2.45, 2.75) is 89.6 Å². The fourth-order valence-corrected chi connectivity index (χ4v) is 4.40. The van der Waals surface area contributed by atoms with Gasteiger partial charge >= 0.3 is 0 Å². The van der Waals surface area contributed by atoms with Crippen LogP contribution in [0.3, 0.4) is 0 Å². The van der Waals surface area contributed by atoms with Gasteiger partial charge in [-0.2, -0.15) is 0 Å². The maximum absolute atomic E-state index is 4.82. The Bertz CT molecular complexity index is 383. The van der Waals surface area contributed by atoms with Crippen LogP contribution >= 0.6 is 24.0 Å². The van der Waals surface area contributed by atoms with Gasteiger partial charge in [0.2, 0.25) is 0 Å². The highest BCUT2D eigenvalue weighted by Crippen LogP contribution is 2.29. The topological polar surface area (TPSA) is 39.7 Å². The van der Waals surface area contributed by atoms with Crippen LogP contribution in [-0.2, 0) is 0 Å². The summed E-state index contributed by atoms with van der Waals surface area (Å²) in [6.45, 7) is 6.62. The number of unbranched alkanes of at least 4 members (excludes halogenated alkanes) is 1. The third-order valence-corrected chi connectivity index (χ3v) is 6.04. The maximum Gasteiger partial charge on any atom is 0.191 e. The van der Waals surface area contributed by atoms with Crippen molar-refractivity contribution in [3.8, 4) is 0 Å². The van der Waals surface area contributed by atoms with Gasteiger partial charge in [0, 0.05) is 38.3 Å². The zero-order valence-corrected chi connectivity index (χ0v) is 18.5. The fourth-order valence-electron chi connectivity index (χ4n) is 4.40. The van der Waals surface area contributed by atoms with Gasteiger partial charge < -0.3 is 15.5 Å². The van der Waals surface area contributed by atoms with Gasteiger partial charge in [-0.05, 0) is 44.9 Å². The molecule has 5 heteroatoms. The molecular formula is C20H39IN4. The number of hydrogen-bond donors (Lipinski definition) is 2. The predicted molar refractivity (Wildman–Crippen MR) is 118 cm³/mol. The number of aliphatic imine (C=N–C) groups is 1. The van der Waals surface area contributed by atoms with E-state index in [2.05, 4.69) is 22.5 Å². The van der Waals surface area contributed by atoms with E-state index < -0.39 is 0 Å². The summed E-state index contributed by atoms with van der Waals surface area (Å²) < 4.78 is 0. The molecule has 2 saturated carbocycles. The first-order valence-electron chi connectivity index (χ1n) is 10.6. The second-order valence-electron chi connectivity index (χ2n) is 8.09. The Labute approximate surface area is 172 Å². The summed E-state index contributed by atoms with van der Waals surface area (Å²) in [5.41, 5.74) is 0. The van der Waals surface area contributed by atoms with E-state index in [9.17, 15) is 0 Å². The zero-order chi connectivity index (χ0) is 16.6. The Kier molecular flexibility index (Phi) is 9.89. The van der Waals surface area contributed by atoms with Crippen molar-refractivity contribution >= 4 is 29.9 Å². The number of rotatable bonds is 8. The van der Waals surface area contributed by atoms with Crippen molar-refractivity contribution in [2.24, 2.45) is 10.9 Å². The first-order valence-corrected chi connectivity index (χ1v) is 10.6. The van der Waals surface area contributed by atoms with Crippen molar-refractivity contribution in [1.82, 2.24) is 15.5 Å². The molecule has 1 aliphatic heterocycles. The lowest BCUT2D eigenvalue weighted by Gasteiger charge is -2.33. The number of nitrogens with zero attached hydrogens (tertiary/aromatic N) is 2. The summed E-state index contributed by atoms with van der Waals surface area (Å²) in [5.74, 6) is 2.07. The Morgan fingerprint density at radius 3 is 2.36 bits per heavy atom. The van der Waals surface area contributed by atoms with Gasteiger partial charge in [0.05, 0.1) is 0 Å². The summed E-state index contributed by atoms with van der Waals surface area (Å²) in [5, 5.41) is 7.11. The molecule has 0 aromatic rings. The average Bonchev–Trinajstić information content (AvgIpc) is 3.32. The minimum Gasteiger partial charge on any atom is -0.357 e. The highest BCUT2D eigenvalue weighted by Gasteiger charge is 2.31. The number of guanidine groups is 1. The molecule has 0 aromatic heterocycles. The summed E-state index contributed by atoms with van der Waals surface area (Å²) in [4.78, 5) is 7.50. The molecule has 2 N–H and O–H groups in total. The van der Waals surface area contributed by atoms with Gasteiger partial charge in [-0.15, -0.1) is 24.0 Å². The molecule has 0 radical (unpaired) electrons. The quantitative estimate of drug-likeness (QED) is 0.247. The SMILES string of the molecule is CCNC(=NCCCCC1CCCC1)NC1CCN(C2CC2)CC1.I. The molecule has 3 aliphatic rings. The molecule has 146 valence electrons. The molecule has 0 bridgehead atoms. The van der Waals surface area contributed by atoms with Crippen molar-refractivity contribution in [2.75, 3.05) is 26.2 Å². The van der Waals surface area contributed by atoms with Crippen LogP contribution in [0, 0.1) is 5.92 Å². The first kappa shape index (κ1) is 21.3. The number of halogens is 1. The van der Waals surface area contributed by atoms with Crippen LogP contribution in [0.1, 0.15) is 77.6 Å². The summed E-state index contributed by atoms with van der Waals surface area (Å²) in [6, 6.07) is 1.53. The molecule has 0 amide bonds. The molecule has 0 unspecified atom stereocenters. The minimum absolute atomic E-state index is 0. The van der Waals surface area contributed by atoms with E-state index in [0.717, 1.165) is 31.0 Å². The number of piperidine rings is 1. The van der Waals surface area contributed by atoms with E-state index in [1.54, 1.807) is 0 Å². The lowest BCUT2D eigenvalue weighted by atomic mass is 10.0. The minimum atomic E-state index is 0. The summed E-state index contributed by atoms with van der Waals surface area (Å²) in [6.07, 6.45) is 15.3. The molecule has 0 atom stereocenters. The Morgan fingerprint density at radius 2 is 1.72 bits per heavy atom. The van der Waals surface area contributed by atoms with Gasteiger partial charge in [-0.1, -0.05) is 38.5 Å². The van der Waals surface area contributed by atoms with Crippen LogP contribution in [-0.4, -0.2) is 49.1 Å². The Morgan fingerprint density at radius 1 is 1.00 bits per heavy atom. The van der Waals surface area contributed by atoms with Gasteiger partial charge in [-0.25, -0.2) is 0 Å². The molecule has 4 nitrogen and oxygen atoms in total. The van der Waals surface area contributed by atoms with E-state index >= 15 is 0 Å². The number of hydrogen-bond acceptors (Lipinski definition) is 2. The van der Waals surface area contributed by atoms with Crippen LogP contribution in [0.2, 0.25) is 0 Å². The average molecular weight is 462 g/mol. The normalized spacial score (nSPS) is 23.5. The molecule has 0 aromatic carbocycles. The molecule has 1 heterocycles. The smallest absolute Gasteiger partial charge is 0.191 e. The maximum atomic E-state index is 4.82. The third-order valence-electron chi connectivity index (χ3n) is 6.04. The van der Waals surface area contributed by atoms with Crippen LogP contribution in [0.15, 0.2) is 4.99 Å². The number of nitrogens with one attached hydrogen (secondary N) is 2. The van der Waals surface area contributed by atoms with Crippen molar-refractivity contribution < 1.29 is 0 Å². The van der Waals surface area contributed by atoms with Crippen molar-refractivity contribution in [3.05, 3.63) is 0 Å². The predicted octanol–water partition coefficient (Wildman–Crippen LogP) is 4.15. The van der Waals surface area contributed by atoms with Crippen LogP contribution in [0.5, 0.6) is 0 Å². The Balaban J connectivity index is 0.00000225. The lowest BCUT2D eigenvalue weighted by molar-refractivity contribution is 0.197. The highest BCUT2D eigenvalue weighted by atomic mass is 127. The summed E-state index contributed by atoms with van der Waals surface area (Å²) >= 11 is 0. The highest BCUT2D eigenvalue weighted by molar-refractivity contribution is 14.0. The molecular weight excluding hydrogens is 423 g/mol. The first-order chi connectivity index (χ1) is 11.8. The van der Waals surface area contributed by atoms with Crippen LogP contribution in [0.25, 0.3) is 0 Å². The van der Waals surface area contributed by atoms with Crippen molar-refractivity contribution in [3.63, 3.8) is 0 Å². The lowest BCUT2D eigenvalue weighted by Crippen LogP contribution is -2.49. The van der Waals surface area contributed by atoms with Gasteiger partial charge in [-0.3, -0.25) is 4.99 Å². The molecule has 1 saturated heterocycles. The molecule has 3 rings (SSSR count). The van der Waals surface area contributed by atoms with E-state index in [1.165, 1.54) is 83.7 Å². The molecule has 0 spiro atoms. The second kappa shape index (κ2) is 11.6.